The lowest BCUT2D eigenvalue weighted by atomic mass is 10.0. The summed E-state index contributed by atoms with van der Waals surface area (Å²) < 4.78 is 23.9. The van der Waals surface area contributed by atoms with Gasteiger partial charge in [0.2, 0.25) is 5.79 Å². The number of hydrogen-bond donors (Lipinski definition) is 2. The molecule has 0 aliphatic heterocycles. The van der Waals surface area contributed by atoms with Crippen molar-refractivity contribution in [3.05, 3.63) is 0 Å². The number of amides is 4. The molecule has 0 spiro atoms. The van der Waals surface area contributed by atoms with Gasteiger partial charge >= 0.3 is 24.4 Å². The largest absolute Gasteiger partial charge is 0.444 e. The second-order valence-electron chi connectivity index (χ2n) is 27.1. The Morgan fingerprint density at radius 1 is 0.329 bits per heavy atom. The van der Waals surface area contributed by atoms with Crippen molar-refractivity contribution in [2.45, 2.75) is 369 Å². The molecule has 0 aromatic carbocycles. The molecule has 1 atom stereocenters. The van der Waals surface area contributed by atoms with Gasteiger partial charge in [-0.3, -0.25) is 15.1 Å². The Morgan fingerprint density at radius 3 is 0.886 bits per heavy atom. The van der Waals surface area contributed by atoms with Crippen molar-refractivity contribution in [1.29, 1.82) is 0 Å². The molecule has 0 saturated carbocycles. The maximum absolute atomic E-state index is 14.8. The first-order chi connectivity index (χ1) is 37.3. The third-order valence-electron chi connectivity index (χ3n) is 14.3. The number of nitrogens with two attached hydrogens (primary N) is 1. The standard InChI is InChI=1S/C66H131N5O8/c1-15-17-55-69(59(73)77-63(6,7)8)57-52-66(68-58(72)76-62(3,4)5,70(54-16-2)60(74)78-64(9,10)11)71(61(75)79-65(12,13)14)56-51-49-47-45-43-41-39-37-35-33-31-29-27-25-23-21-19-18-20-22-24-26-28-30-32-34-36-38-40-42-44-46-48-50-53-67/h15-57,67H2,1-14H3,(H,68,72). The van der Waals surface area contributed by atoms with Gasteiger partial charge in [0.05, 0.1) is 0 Å². The molecule has 79 heavy (non-hydrogen) atoms. The molecular weight excluding hydrogens is 991 g/mol. The molecule has 0 aromatic rings. The Bertz CT molecular complexity index is 1520. The quantitative estimate of drug-likeness (QED) is 0.0344. The molecule has 0 aliphatic rings. The number of carbonyl (C=O) groups excluding carboxylic acids is 4. The fraction of sp³-hybridized carbons (Fsp3) is 0.939. The Labute approximate surface area is 488 Å². The summed E-state index contributed by atoms with van der Waals surface area (Å²) in [6.45, 7) is 27.0. The predicted molar refractivity (Wildman–Crippen MR) is 332 cm³/mol. The smallest absolute Gasteiger partial charge is 0.413 e. The predicted octanol–water partition coefficient (Wildman–Crippen LogP) is 19.7. The number of nitrogens with zero attached hydrogens (tertiary/aromatic N) is 3. The maximum Gasteiger partial charge on any atom is 0.413 e. The van der Waals surface area contributed by atoms with Crippen molar-refractivity contribution in [1.82, 2.24) is 20.0 Å². The summed E-state index contributed by atoms with van der Waals surface area (Å²) in [4.78, 5) is 61.8. The Balaban J connectivity index is 5.16. The minimum Gasteiger partial charge on any atom is -0.444 e. The van der Waals surface area contributed by atoms with E-state index >= 15 is 0 Å². The second kappa shape index (κ2) is 44.6. The second-order valence-corrected chi connectivity index (χ2v) is 27.1. The highest BCUT2D eigenvalue weighted by atomic mass is 16.6. The maximum atomic E-state index is 14.8. The molecule has 1 unspecified atom stereocenters. The van der Waals surface area contributed by atoms with Crippen LogP contribution in [0, 0.1) is 0 Å². The minimum absolute atomic E-state index is 0.0333. The zero-order chi connectivity index (χ0) is 59.5. The third-order valence-corrected chi connectivity index (χ3v) is 14.3. The fourth-order valence-electron chi connectivity index (χ4n) is 10.1. The van der Waals surface area contributed by atoms with Crippen molar-refractivity contribution < 1.29 is 38.1 Å². The molecule has 468 valence electrons. The van der Waals surface area contributed by atoms with Crippen LogP contribution >= 0.6 is 0 Å². The molecule has 0 bridgehead atoms. The van der Waals surface area contributed by atoms with Crippen LogP contribution in [0.25, 0.3) is 0 Å². The van der Waals surface area contributed by atoms with Crippen LogP contribution in [0.5, 0.6) is 0 Å². The van der Waals surface area contributed by atoms with E-state index in [2.05, 4.69) is 5.32 Å². The summed E-state index contributed by atoms with van der Waals surface area (Å²) in [5, 5.41) is 3.04. The Hall–Kier alpha value is -2.96. The van der Waals surface area contributed by atoms with E-state index in [1.165, 1.54) is 202 Å². The van der Waals surface area contributed by atoms with Crippen LogP contribution in [0.2, 0.25) is 0 Å². The van der Waals surface area contributed by atoms with Gasteiger partial charge in [-0.15, -0.1) is 0 Å². The highest BCUT2D eigenvalue weighted by Crippen LogP contribution is 2.31. The molecule has 0 aliphatic carbocycles. The van der Waals surface area contributed by atoms with Gasteiger partial charge in [0.1, 0.15) is 22.4 Å². The number of hydrogen-bond acceptors (Lipinski definition) is 9. The van der Waals surface area contributed by atoms with Gasteiger partial charge in [-0.05, 0) is 115 Å². The first-order valence-corrected chi connectivity index (χ1v) is 33.0. The van der Waals surface area contributed by atoms with E-state index < -0.39 is 52.6 Å². The molecule has 0 fully saturated rings. The molecule has 0 rings (SSSR count). The van der Waals surface area contributed by atoms with Crippen LogP contribution < -0.4 is 11.1 Å². The number of alkyl carbamates (subject to hydrolysis) is 1. The Kier molecular flexibility index (Phi) is 42.9. The van der Waals surface area contributed by atoms with Crippen LogP contribution in [-0.4, -0.2) is 100.0 Å². The fourth-order valence-corrected chi connectivity index (χ4v) is 10.1. The van der Waals surface area contributed by atoms with E-state index in [0.29, 0.717) is 25.8 Å². The van der Waals surface area contributed by atoms with Crippen LogP contribution in [0.3, 0.4) is 0 Å². The van der Waals surface area contributed by atoms with Gasteiger partial charge < -0.3 is 29.6 Å². The number of rotatable bonds is 47. The normalized spacial score (nSPS) is 12.9. The zero-order valence-corrected chi connectivity index (χ0v) is 54.6. The molecular formula is C66H131N5O8. The van der Waals surface area contributed by atoms with Crippen LogP contribution in [0.1, 0.15) is 341 Å². The van der Waals surface area contributed by atoms with Crippen molar-refractivity contribution in [3.63, 3.8) is 0 Å². The molecule has 0 radical (unpaired) electrons. The number of nitrogens with one attached hydrogen (secondary N) is 1. The van der Waals surface area contributed by atoms with Gasteiger partial charge in [0.15, 0.2) is 0 Å². The van der Waals surface area contributed by atoms with E-state index in [4.69, 9.17) is 24.7 Å². The van der Waals surface area contributed by atoms with E-state index in [9.17, 15) is 19.2 Å². The average molecular weight is 1120 g/mol. The van der Waals surface area contributed by atoms with Gasteiger partial charge in [0, 0.05) is 32.6 Å². The first kappa shape index (κ1) is 76.0. The molecule has 13 nitrogen and oxygen atoms in total. The summed E-state index contributed by atoms with van der Waals surface area (Å²) >= 11 is 0. The lowest BCUT2D eigenvalue weighted by molar-refractivity contribution is -0.0969. The van der Waals surface area contributed by atoms with Gasteiger partial charge in [-0.1, -0.05) is 226 Å². The topological polar surface area (TPSA) is 153 Å². The van der Waals surface area contributed by atoms with E-state index in [0.717, 1.165) is 32.2 Å². The SMILES string of the molecule is CCCCN(CCC(NC(=O)OC(C)(C)C)(N(CCC)C(=O)OC(C)(C)C)N(CCCCCCCCCCCCCCCCCCCCCCCCCCCCCCCCCCCCN)C(=O)OC(C)(C)C)C(=O)OC(C)(C)C. The number of unbranched alkanes of at least 4 members (excludes halogenated alkanes) is 34. The van der Waals surface area contributed by atoms with E-state index in [-0.39, 0.29) is 26.1 Å². The van der Waals surface area contributed by atoms with Crippen LogP contribution in [-0.2, 0) is 18.9 Å². The van der Waals surface area contributed by atoms with Gasteiger partial charge in [-0.2, -0.15) is 0 Å². The molecule has 13 heteroatoms. The lowest BCUT2D eigenvalue weighted by Gasteiger charge is -2.50. The Morgan fingerprint density at radius 2 is 0.608 bits per heavy atom. The zero-order valence-electron chi connectivity index (χ0n) is 54.6. The average Bonchev–Trinajstić information content (AvgIpc) is 3.40. The highest BCUT2D eigenvalue weighted by Gasteiger charge is 2.51. The number of ether oxygens (including phenoxy) is 4. The monoisotopic (exact) mass is 1120 g/mol. The van der Waals surface area contributed by atoms with Crippen molar-refractivity contribution in [3.8, 4) is 0 Å². The van der Waals surface area contributed by atoms with Gasteiger partial charge in [-0.25, -0.2) is 19.2 Å². The van der Waals surface area contributed by atoms with Crippen molar-refractivity contribution in [2.24, 2.45) is 5.73 Å². The molecule has 3 N–H and O–H groups in total. The van der Waals surface area contributed by atoms with E-state index in [1.54, 1.807) is 67.2 Å². The summed E-state index contributed by atoms with van der Waals surface area (Å²) in [7, 11) is 0. The number of carbonyl (C=O) groups is 4. The summed E-state index contributed by atoms with van der Waals surface area (Å²) in [5.74, 6) is -1.88. The van der Waals surface area contributed by atoms with Crippen LogP contribution in [0.4, 0.5) is 19.2 Å². The summed E-state index contributed by atoms with van der Waals surface area (Å²) in [6.07, 6.45) is 44.0. The van der Waals surface area contributed by atoms with E-state index in [1.807, 2.05) is 34.6 Å². The molecule has 4 amide bonds. The summed E-state index contributed by atoms with van der Waals surface area (Å²) in [6, 6.07) is 0. The van der Waals surface area contributed by atoms with Crippen molar-refractivity contribution in [2.75, 3.05) is 32.7 Å². The third kappa shape index (κ3) is 43.4. The molecule has 0 saturated heterocycles. The highest BCUT2D eigenvalue weighted by molar-refractivity contribution is 5.76. The van der Waals surface area contributed by atoms with Crippen molar-refractivity contribution >= 4 is 24.4 Å². The summed E-state index contributed by atoms with van der Waals surface area (Å²) in [5.41, 5.74) is 2.12. The first-order valence-electron chi connectivity index (χ1n) is 33.0. The molecule has 0 heterocycles. The van der Waals surface area contributed by atoms with Crippen LogP contribution in [0.15, 0.2) is 0 Å². The molecule has 0 aromatic heterocycles. The minimum atomic E-state index is -1.88. The lowest BCUT2D eigenvalue weighted by Crippen LogP contribution is -2.74. The van der Waals surface area contributed by atoms with Gasteiger partial charge in [0.25, 0.3) is 0 Å².